The van der Waals surface area contributed by atoms with Gasteiger partial charge in [0.25, 0.3) is 5.91 Å². The standard InChI is InChI=1S/C18H22N2O5S/c1-12-16(17(13(2)25-12)26(19,22)23)18(21)20-8-9-24-15(11-20)10-14-6-4-3-5-7-14/h3-7,15H,8-11H2,1-2H3,(H2,19,22,23). The van der Waals surface area contributed by atoms with Gasteiger partial charge in [-0.1, -0.05) is 30.3 Å². The van der Waals surface area contributed by atoms with Gasteiger partial charge in [0.05, 0.1) is 12.7 Å². The predicted octanol–water partition coefficient (Wildman–Crippen LogP) is 1.63. The van der Waals surface area contributed by atoms with Crippen molar-refractivity contribution in [2.24, 2.45) is 5.14 Å². The first kappa shape index (κ1) is 18.6. The Morgan fingerprint density at radius 1 is 1.23 bits per heavy atom. The van der Waals surface area contributed by atoms with Crippen molar-refractivity contribution in [3.05, 3.63) is 53.0 Å². The molecule has 2 N–H and O–H groups in total. The van der Waals surface area contributed by atoms with Crippen molar-refractivity contribution in [3.63, 3.8) is 0 Å². The van der Waals surface area contributed by atoms with Gasteiger partial charge >= 0.3 is 0 Å². The van der Waals surface area contributed by atoms with Crippen molar-refractivity contribution in [2.45, 2.75) is 31.3 Å². The minimum absolute atomic E-state index is 0.0189. The summed E-state index contributed by atoms with van der Waals surface area (Å²) in [6, 6.07) is 9.87. The molecule has 0 spiro atoms. The third kappa shape index (κ3) is 3.82. The van der Waals surface area contributed by atoms with E-state index >= 15 is 0 Å². The maximum absolute atomic E-state index is 13.0. The first-order chi connectivity index (χ1) is 12.3. The third-order valence-corrected chi connectivity index (χ3v) is 5.50. The van der Waals surface area contributed by atoms with Crippen molar-refractivity contribution in [1.29, 1.82) is 0 Å². The molecule has 1 atom stereocenters. The van der Waals surface area contributed by atoms with Crippen LogP contribution in [0.4, 0.5) is 0 Å². The molecular weight excluding hydrogens is 356 g/mol. The zero-order valence-corrected chi connectivity index (χ0v) is 15.6. The van der Waals surface area contributed by atoms with E-state index < -0.39 is 15.9 Å². The van der Waals surface area contributed by atoms with Gasteiger partial charge in [-0.3, -0.25) is 4.79 Å². The summed E-state index contributed by atoms with van der Waals surface area (Å²) in [5.74, 6) is -0.0187. The summed E-state index contributed by atoms with van der Waals surface area (Å²) in [5, 5.41) is 5.29. The fraction of sp³-hybridized carbons (Fsp3) is 0.389. The summed E-state index contributed by atoms with van der Waals surface area (Å²) < 4.78 is 34.9. The molecule has 1 aliphatic heterocycles. The molecule has 1 aromatic carbocycles. The van der Waals surface area contributed by atoms with Crippen molar-refractivity contribution >= 4 is 15.9 Å². The average molecular weight is 378 g/mol. The van der Waals surface area contributed by atoms with Gasteiger partial charge in [-0.15, -0.1) is 0 Å². The lowest BCUT2D eigenvalue weighted by atomic mass is 10.1. The van der Waals surface area contributed by atoms with E-state index in [0.29, 0.717) is 26.1 Å². The molecule has 1 amide bonds. The summed E-state index contributed by atoms with van der Waals surface area (Å²) in [6.45, 7) is 4.21. The Bertz CT molecular complexity index is 905. The van der Waals surface area contributed by atoms with Crippen LogP contribution in [-0.4, -0.2) is 45.0 Å². The number of carbonyl (C=O) groups is 1. The van der Waals surface area contributed by atoms with E-state index in [1.165, 1.54) is 6.92 Å². The smallest absolute Gasteiger partial charge is 0.258 e. The van der Waals surface area contributed by atoms with E-state index in [1.54, 1.807) is 11.8 Å². The van der Waals surface area contributed by atoms with E-state index in [-0.39, 0.29) is 28.1 Å². The number of hydrogen-bond donors (Lipinski definition) is 1. The molecule has 1 saturated heterocycles. The molecule has 0 radical (unpaired) electrons. The maximum atomic E-state index is 13.0. The average Bonchev–Trinajstić information content (AvgIpc) is 2.89. The van der Waals surface area contributed by atoms with Crippen molar-refractivity contribution in [2.75, 3.05) is 19.7 Å². The molecule has 1 unspecified atom stereocenters. The van der Waals surface area contributed by atoms with Crippen LogP contribution >= 0.6 is 0 Å². The Kier molecular flexibility index (Phi) is 5.17. The van der Waals surface area contributed by atoms with Crippen LogP contribution < -0.4 is 5.14 Å². The number of morpholine rings is 1. The molecule has 7 nitrogen and oxygen atoms in total. The number of rotatable bonds is 4. The van der Waals surface area contributed by atoms with Gasteiger partial charge in [-0.05, 0) is 19.4 Å². The van der Waals surface area contributed by atoms with Gasteiger partial charge in [0.1, 0.15) is 22.0 Å². The van der Waals surface area contributed by atoms with E-state index in [2.05, 4.69) is 0 Å². The van der Waals surface area contributed by atoms with Gasteiger partial charge in [0, 0.05) is 19.5 Å². The molecule has 0 bridgehead atoms. The number of nitrogens with zero attached hydrogens (tertiary/aromatic N) is 1. The highest BCUT2D eigenvalue weighted by Gasteiger charge is 2.33. The number of ether oxygens (including phenoxy) is 1. The summed E-state index contributed by atoms with van der Waals surface area (Å²) in [7, 11) is -4.06. The van der Waals surface area contributed by atoms with Crippen LogP contribution in [-0.2, 0) is 21.2 Å². The number of furan rings is 1. The van der Waals surface area contributed by atoms with Gasteiger partial charge in [-0.2, -0.15) is 0 Å². The lowest BCUT2D eigenvalue weighted by Crippen LogP contribution is -2.46. The molecule has 1 fully saturated rings. The fourth-order valence-corrected chi connectivity index (χ4v) is 4.27. The van der Waals surface area contributed by atoms with E-state index in [9.17, 15) is 13.2 Å². The Morgan fingerprint density at radius 2 is 1.92 bits per heavy atom. The molecule has 2 aromatic rings. The first-order valence-corrected chi connectivity index (χ1v) is 9.89. The van der Waals surface area contributed by atoms with Crippen LogP contribution in [0.2, 0.25) is 0 Å². The van der Waals surface area contributed by atoms with Gasteiger partial charge in [0.15, 0.2) is 0 Å². The van der Waals surface area contributed by atoms with Crippen LogP contribution in [0.25, 0.3) is 0 Å². The van der Waals surface area contributed by atoms with Crippen LogP contribution in [0, 0.1) is 13.8 Å². The third-order valence-electron chi connectivity index (χ3n) is 4.44. The van der Waals surface area contributed by atoms with Crippen molar-refractivity contribution in [1.82, 2.24) is 4.90 Å². The first-order valence-electron chi connectivity index (χ1n) is 8.35. The second-order valence-corrected chi connectivity index (χ2v) is 7.90. The van der Waals surface area contributed by atoms with E-state index in [4.69, 9.17) is 14.3 Å². The number of amides is 1. The lowest BCUT2D eigenvalue weighted by Gasteiger charge is -2.33. The van der Waals surface area contributed by atoms with Crippen molar-refractivity contribution in [3.8, 4) is 0 Å². The monoisotopic (exact) mass is 378 g/mol. The Labute approximate surface area is 152 Å². The number of benzene rings is 1. The highest BCUT2D eigenvalue weighted by Crippen LogP contribution is 2.27. The lowest BCUT2D eigenvalue weighted by molar-refractivity contribution is -0.0209. The molecule has 1 aromatic heterocycles. The Morgan fingerprint density at radius 3 is 2.58 bits per heavy atom. The normalized spacial score (nSPS) is 18.1. The summed E-state index contributed by atoms with van der Waals surface area (Å²) in [4.78, 5) is 14.4. The van der Waals surface area contributed by atoms with Gasteiger partial charge in [0.2, 0.25) is 10.0 Å². The van der Waals surface area contributed by atoms with Crippen LogP contribution in [0.1, 0.15) is 27.4 Å². The highest BCUT2D eigenvalue weighted by molar-refractivity contribution is 7.89. The zero-order chi connectivity index (χ0) is 18.9. The molecule has 0 aliphatic carbocycles. The Balaban J connectivity index is 1.82. The summed E-state index contributed by atoms with van der Waals surface area (Å²) in [6.07, 6.45) is 0.525. The quantitative estimate of drug-likeness (QED) is 0.871. The number of primary sulfonamides is 1. The zero-order valence-electron chi connectivity index (χ0n) is 14.8. The number of hydrogen-bond acceptors (Lipinski definition) is 5. The molecule has 0 saturated carbocycles. The minimum Gasteiger partial charge on any atom is -0.464 e. The second-order valence-electron chi connectivity index (χ2n) is 6.40. The number of nitrogens with two attached hydrogens (primary N) is 1. The molecular formula is C18H22N2O5S. The molecule has 1 aliphatic rings. The van der Waals surface area contributed by atoms with Gasteiger partial charge in [-0.25, -0.2) is 13.6 Å². The number of carbonyl (C=O) groups excluding carboxylic acids is 1. The van der Waals surface area contributed by atoms with E-state index in [0.717, 1.165) is 5.56 Å². The van der Waals surface area contributed by atoms with Gasteiger partial charge < -0.3 is 14.1 Å². The topological polar surface area (TPSA) is 103 Å². The van der Waals surface area contributed by atoms with Crippen LogP contribution in [0.5, 0.6) is 0 Å². The fourth-order valence-electron chi connectivity index (χ4n) is 3.32. The Hall–Kier alpha value is -2.16. The SMILES string of the molecule is Cc1oc(C)c(S(N)(=O)=O)c1C(=O)N1CCOC(Cc2ccccc2)C1. The van der Waals surface area contributed by atoms with Crippen LogP contribution in [0.15, 0.2) is 39.6 Å². The summed E-state index contributed by atoms with van der Waals surface area (Å²) in [5.41, 5.74) is 1.14. The number of aryl methyl sites for hydroxylation is 2. The second kappa shape index (κ2) is 7.22. The maximum Gasteiger partial charge on any atom is 0.258 e. The summed E-state index contributed by atoms with van der Waals surface area (Å²) >= 11 is 0. The van der Waals surface area contributed by atoms with Crippen molar-refractivity contribution < 1.29 is 22.4 Å². The molecule has 8 heteroatoms. The largest absolute Gasteiger partial charge is 0.464 e. The molecule has 2 heterocycles. The molecule has 3 rings (SSSR count). The highest BCUT2D eigenvalue weighted by atomic mass is 32.2. The predicted molar refractivity (Wildman–Crippen MR) is 95.3 cm³/mol. The molecule has 140 valence electrons. The van der Waals surface area contributed by atoms with E-state index in [1.807, 2.05) is 30.3 Å². The minimum atomic E-state index is -4.06. The number of sulfonamides is 1. The van der Waals surface area contributed by atoms with Crippen LogP contribution in [0.3, 0.4) is 0 Å². The molecule has 26 heavy (non-hydrogen) atoms.